The summed E-state index contributed by atoms with van der Waals surface area (Å²) in [4.78, 5) is 12.2. The van der Waals surface area contributed by atoms with Crippen molar-refractivity contribution >= 4 is 5.91 Å². The molecule has 114 valence electrons. The van der Waals surface area contributed by atoms with Crippen LogP contribution in [-0.4, -0.2) is 23.7 Å². The predicted molar refractivity (Wildman–Crippen MR) is 86.1 cm³/mol. The summed E-state index contributed by atoms with van der Waals surface area (Å²) in [7, 11) is 0. The Labute approximate surface area is 127 Å². The monoisotopic (exact) mass is 287 g/mol. The molecule has 0 heterocycles. The zero-order chi connectivity index (χ0) is 15.8. The molecule has 0 spiro atoms. The maximum Gasteiger partial charge on any atom is 0.251 e. The summed E-state index contributed by atoms with van der Waals surface area (Å²) in [6.45, 7) is 8.30. The van der Waals surface area contributed by atoms with Gasteiger partial charge in [-0.2, -0.15) is 0 Å². The van der Waals surface area contributed by atoms with E-state index >= 15 is 0 Å². The second-order valence-electron chi connectivity index (χ2n) is 5.45. The number of carbonyl (C=O) groups is 1. The first-order valence-corrected chi connectivity index (χ1v) is 7.50. The molecule has 1 rings (SSSR count). The molecule has 0 aromatic heterocycles. The van der Waals surface area contributed by atoms with Crippen LogP contribution >= 0.6 is 0 Å². The molecular weight excluding hydrogens is 262 g/mol. The fraction of sp³-hybridized carbons (Fsp3) is 0.500. The SMILES string of the molecule is CCC(C)C(C)NC(=O)c1ccc(C#CCCO)c(C)c1. The molecule has 0 bridgehead atoms. The van der Waals surface area contributed by atoms with Crippen LogP contribution in [0.2, 0.25) is 0 Å². The van der Waals surface area contributed by atoms with E-state index in [0.29, 0.717) is 17.9 Å². The van der Waals surface area contributed by atoms with Gasteiger partial charge < -0.3 is 10.4 Å². The molecule has 3 nitrogen and oxygen atoms in total. The predicted octanol–water partition coefficient (Wildman–Crippen LogP) is 2.89. The van der Waals surface area contributed by atoms with Gasteiger partial charge in [0.2, 0.25) is 0 Å². The highest BCUT2D eigenvalue weighted by Crippen LogP contribution is 2.12. The Morgan fingerprint density at radius 3 is 2.67 bits per heavy atom. The van der Waals surface area contributed by atoms with E-state index in [1.807, 2.05) is 26.0 Å². The first-order chi connectivity index (χ1) is 9.99. The number of aryl methyl sites for hydroxylation is 1. The average Bonchev–Trinajstić information content (AvgIpc) is 2.47. The van der Waals surface area contributed by atoms with Crippen molar-refractivity contribution < 1.29 is 9.90 Å². The van der Waals surface area contributed by atoms with Crippen LogP contribution in [0.15, 0.2) is 18.2 Å². The third-order valence-corrected chi connectivity index (χ3v) is 3.80. The Kier molecular flexibility index (Phi) is 6.98. The largest absolute Gasteiger partial charge is 0.395 e. The molecule has 0 radical (unpaired) electrons. The number of amides is 1. The van der Waals surface area contributed by atoms with Crippen LogP contribution in [0.1, 0.15) is 55.1 Å². The van der Waals surface area contributed by atoms with Gasteiger partial charge in [0.05, 0.1) is 6.61 Å². The van der Waals surface area contributed by atoms with Crippen molar-refractivity contribution in [2.75, 3.05) is 6.61 Å². The van der Waals surface area contributed by atoms with Gasteiger partial charge in [-0.15, -0.1) is 0 Å². The lowest BCUT2D eigenvalue weighted by molar-refractivity contribution is 0.0928. The van der Waals surface area contributed by atoms with Crippen molar-refractivity contribution in [1.82, 2.24) is 5.32 Å². The minimum atomic E-state index is -0.0410. The average molecular weight is 287 g/mol. The molecular formula is C18H25NO2. The molecule has 3 heteroatoms. The highest BCUT2D eigenvalue weighted by atomic mass is 16.2. The van der Waals surface area contributed by atoms with Crippen LogP contribution in [0.4, 0.5) is 0 Å². The van der Waals surface area contributed by atoms with Gasteiger partial charge in [-0.05, 0) is 43.5 Å². The number of hydrogen-bond donors (Lipinski definition) is 2. The maximum absolute atomic E-state index is 12.2. The zero-order valence-corrected chi connectivity index (χ0v) is 13.4. The van der Waals surface area contributed by atoms with Gasteiger partial charge in [-0.3, -0.25) is 4.79 Å². The van der Waals surface area contributed by atoms with E-state index in [-0.39, 0.29) is 18.6 Å². The zero-order valence-electron chi connectivity index (χ0n) is 13.4. The highest BCUT2D eigenvalue weighted by molar-refractivity contribution is 5.94. The van der Waals surface area contributed by atoms with Crippen molar-refractivity contribution in [3.8, 4) is 11.8 Å². The molecule has 1 amide bonds. The third-order valence-electron chi connectivity index (χ3n) is 3.80. The van der Waals surface area contributed by atoms with E-state index in [1.165, 1.54) is 0 Å². The van der Waals surface area contributed by atoms with Crippen LogP contribution < -0.4 is 5.32 Å². The molecule has 0 fully saturated rings. The Morgan fingerprint density at radius 1 is 1.38 bits per heavy atom. The van der Waals surface area contributed by atoms with Crippen molar-refractivity contribution in [2.45, 2.75) is 46.6 Å². The van der Waals surface area contributed by atoms with E-state index in [2.05, 4.69) is 31.0 Å². The molecule has 0 saturated heterocycles. The summed E-state index contributed by atoms with van der Waals surface area (Å²) >= 11 is 0. The van der Waals surface area contributed by atoms with Crippen LogP contribution in [0.3, 0.4) is 0 Å². The Balaban J connectivity index is 2.79. The van der Waals surface area contributed by atoms with Gasteiger partial charge in [0.15, 0.2) is 0 Å². The van der Waals surface area contributed by atoms with Crippen LogP contribution in [-0.2, 0) is 0 Å². The van der Waals surface area contributed by atoms with Crippen LogP contribution in [0.5, 0.6) is 0 Å². The molecule has 1 aromatic carbocycles. The van der Waals surface area contributed by atoms with Gasteiger partial charge in [0, 0.05) is 23.6 Å². The quantitative estimate of drug-likeness (QED) is 0.818. The molecule has 0 aliphatic carbocycles. The van der Waals surface area contributed by atoms with E-state index in [9.17, 15) is 4.79 Å². The highest BCUT2D eigenvalue weighted by Gasteiger charge is 2.14. The number of aliphatic hydroxyl groups is 1. The standard InChI is InChI=1S/C18H25NO2/c1-5-13(2)15(4)19-18(21)17-10-9-16(14(3)12-17)8-6-7-11-20/h9-10,12-13,15,20H,5,7,11H2,1-4H3,(H,19,21). The minimum absolute atomic E-state index is 0.0410. The van der Waals surface area contributed by atoms with E-state index in [4.69, 9.17) is 5.11 Å². The third kappa shape index (κ3) is 5.24. The van der Waals surface area contributed by atoms with Crippen molar-refractivity contribution in [3.63, 3.8) is 0 Å². The molecule has 0 saturated carbocycles. The summed E-state index contributed by atoms with van der Waals surface area (Å²) < 4.78 is 0. The van der Waals surface area contributed by atoms with Gasteiger partial charge in [0.1, 0.15) is 0 Å². The van der Waals surface area contributed by atoms with E-state index in [0.717, 1.165) is 17.5 Å². The fourth-order valence-corrected chi connectivity index (χ4v) is 1.94. The van der Waals surface area contributed by atoms with Crippen molar-refractivity contribution in [3.05, 3.63) is 34.9 Å². The smallest absolute Gasteiger partial charge is 0.251 e. The summed E-state index contributed by atoms with van der Waals surface area (Å²) in [5.74, 6) is 6.32. The lowest BCUT2D eigenvalue weighted by Gasteiger charge is -2.20. The van der Waals surface area contributed by atoms with Crippen molar-refractivity contribution in [2.24, 2.45) is 5.92 Å². The Morgan fingerprint density at radius 2 is 2.10 bits per heavy atom. The fourth-order valence-electron chi connectivity index (χ4n) is 1.94. The van der Waals surface area contributed by atoms with E-state index < -0.39 is 0 Å². The lowest BCUT2D eigenvalue weighted by Crippen LogP contribution is -2.36. The van der Waals surface area contributed by atoms with Crippen molar-refractivity contribution in [1.29, 1.82) is 0 Å². The summed E-state index contributed by atoms with van der Waals surface area (Å²) in [5, 5.41) is 11.8. The first-order valence-electron chi connectivity index (χ1n) is 7.50. The Hall–Kier alpha value is -1.79. The molecule has 1 aromatic rings. The first kappa shape index (κ1) is 17.3. The van der Waals surface area contributed by atoms with Gasteiger partial charge in [0.25, 0.3) is 5.91 Å². The molecule has 2 N–H and O–H groups in total. The molecule has 0 aliphatic rings. The molecule has 2 unspecified atom stereocenters. The number of aliphatic hydroxyl groups excluding tert-OH is 1. The van der Waals surface area contributed by atoms with Crippen LogP contribution in [0, 0.1) is 24.7 Å². The number of rotatable bonds is 5. The minimum Gasteiger partial charge on any atom is -0.395 e. The molecule has 2 atom stereocenters. The second kappa shape index (κ2) is 8.49. The van der Waals surface area contributed by atoms with Crippen LogP contribution in [0.25, 0.3) is 0 Å². The normalized spacial score (nSPS) is 13.0. The topological polar surface area (TPSA) is 49.3 Å². The maximum atomic E-state index is 12.2. The van der Waals surface area contributed by atoms with E-state index in [1.54, 1.807) is 6.07 Å². The number of hydrogen-bond acceptors (Lipinski definition) is 2. The summed E-state index contributed by atoms with van der Waals surface area (Å²) in [5.41, 5.74) is 2.54. The number of benzene rings is 1. The molecule has 0 aliphatic heterocycles. The number of nitrogens with one attached hydrogen (secondary N) is 1. The number of carbonyl (C=O) groups excluding carboxylic acids is 1. The lowest BCUT2D eigenvalue weighted by atomic mass is 10.00. The summed E-state index contributed by atoms with van der Waals surface area (Å²) in [6, 6.07) is 5.69. The molecule has 21 heavy (non-hydrogen) atoms. The Bertz CT molecular complexity index is 540. The summed E-state index contributed by atoms with van der Waals surface area (Å²) in [6.07, 6.45) is 1.51. The second-order valence-corrected chi connectivity index (χ2v) is 5.45. The van der Waals surface area contributed by atoms with Gasteiger partial charge in [-0.25, -0.2) is 0 Å². The van der Waals surface area contributed by atoms with Gasteiger partial charge in [-0.1, -0.05) is 32.1 Å². The van der Waals surface area contributed by atoms with Gasteiger partial charge >= 0.3 is 0 Å².